The van der Waals surface area contributed by atoms with Gasteiger partial charge in [-0.3, -0.25) is 9.69 Å². The molecule has 2 N–H and O–H groups in total. The fraction of sp³-hybridized carbons (Fsp3) is 0.111. The first-order valence-corrected chi connectivity index (χ1v) is 10.0. The van der Waals surface area contributed by atoms with Gasteiger partial charge in [0, 0.05) is 6.07 Å². The Labute approximate surface area is 176 Å². The van der Waals surface area contributed by atoms with E-state index in [-0.39, 0.29) is 22.3 Å². The van der Waals surface area contributed by atoms with Gasteiger partial charge in [0.2, 0.25) is 10.0 Å². The summed E-state index contributed by atoms with van der Waals surface area (Å²) in [5.41, 5.74) is -2.19. The first-order valence-electron chi connectivity index (χ1n) is 8.46. The summed E-state index contributed by atoms with van der Waals surface area (Å²) in [6.45, 7) is 0. The Morgan fingerprint density at radius 3 is 1.97 bits per heavy atom. The van der Waals surface area contributed by atoms with Crippen molar-refractivity contribution in [1.82, 2.24) is 9.78 Å². The van der Waals surface area contributed by atoms with Gasteiger partial charge < -0.3 is 0 Å². The molecule has 14 heteroatoms. The van der Waals surface area contributed by atoms with Crippen LogP contribution in [0.2, 0.25) is 0 Å². The van der Waals surface area contributed by atoms with Crippen LogP contribution in [0.4, 0.5) is 37.8 Å². The summed E-state index contributed by atoms with van der Waals surface area (Å²) in [6.07, 6.45) is -10.5. The molecule has 0 bridgehead atoms. The molecule has 0 unspecified atom stereocenters. The number of nitrogens with two attached hydrogens (primary N) is 1. The van der Waals surface area contributed by atoms with Gasteiger partial charge in [0.25, 0.3) is 0 Å². The Kier molecular flexibility index (Phi) is 5.78. The molecule has 0 saturated heterocycles. The molecule has 0 radical (unpaired) electrons. The molecule has 1 amide bonds. The highest BCUT2D eigenvalue weighted by Crippen LogP contribution is 2.37. The van der Waals surface area contributed by atoms with E-state index in [1.807, 2.05) is 0 Å². The first-order chi connectivity index (χ1) is 14.7. The van der Waals surface area contributed by atoms with E-state index in [0.29, 0.717) is 4.68 Å². The van der Waals surface area contributed by atoms with Gasteiger partial charge >= 0.3 is 18.3 Å². The minimum Gasteiger partial charge on any atom is -0.263 e. The van der Waals surface area contributed by atoms with Gasteiger partial charge in [-0.15, -0.1) is 0 Å². The Morgan fingerprint density at radius 1 is 0.938 bits per heavy atom. The minimum atomic E-state index is -5.43. The molecule has 0 saturated carbocycles. The van der Waals surface area contributed by atoms with Gasteiger partial charge in [-0.05, 0) is 36.4 Å². The molecule has 0 aliphatic heterocycles. The van der Waals surface area contributed by atoms with Crippen molar-refractivity contribution in [1.29, 1.82) is 0 Å². The Morgan fingerprint density at radius 2 is 1.50 bits per heavy atom. The number of aromatic nitrogens is 2. The van der Waals surface area contributed by atoms with Gasteiger partial charge in [-0.25, -0.2) is 18.2 Å². The molecule has 0 spiro atoms. The zero-order valence-corrected chi connectivity index (χ0v) is 16.4. The van der Waals surface area contributed by atoms with Crippen LogP contribution in [-0.2, 0) is 21.0 Å². The number of carbonyl (C=O) groups is 1. The minimum absolute atomic E-state index is 0.0375. The molecule has 1 aromatic heterocycles. The van der Waals surface area contributed by atoms with Crippen LogP contribution in [0.25, 0.3) is 5.69 Å². The van der Waals surface area contributed by atoms with E-state index in [1.165, 1.54) is 18.2 Å². The second kappa shape index (κ2) is 7.94. The smallest absolute Gasteiger partial charge is 0.263 e. The van der Waals surface area contributed by atoms with Crippen LogP contribution in [0.5, 0.6) is 0 Å². The lowest BCUT2D eigenvalue weighted by atomic mass is 10.2. The summed E-state index contributed by atoms with van der Waals surface area (Å²) < 4.78 is 103. The van der Waals surface area contributed by atoms with Gasteiger partial charge in [-0.2, -0.15) is 31.4 Å². The predicted molar refractivity (Wildman–Crippen MR) is 99.6 cm³/mol. The lowest BCUT2D eigenvalue weighted by Gasteiger charge is -2.24. The number of halogens is 6. The maximum Gasteiger partial charge on any atom is 0.472 e. The number of amides is 1. The average Bonchev–Trinajstić information content (AvgIpc) is 3.13. The van der Waals surface area contributed by atoms with Crippen LogP contribution in [0.15, 0.2) is 65.6 Å². The number of primary sulfonamides is 1. The maximum absolute atomic E-state index is 13.3. The molecule has 32 heavy (non-hydrogen) atoms. The number of anilines is 2. The molecular weight excluding hydrogens is 466 g/mol. The number of rotatable bonds is 4. The molecular formula is C18H12F6N4O3S. The third kappa shape index (κ3) is 4.75. The van der Waals surface area contributed by atoms with Crippen LogP contribution in [0.3, 0.4) is 0 Å². The molecule has 0 aliphatic carbocycles. The molecule has 2 aromatic carbocycles. The van der Waals surface area contributed by atoms with Gasteiger partial charge in [0.15, 0.2) is 5.69 Å². The monoisotopic (exact) mass is 478 g/mol. The summed E-state index contributed by atoms with van der Waals surface area (Å²) in [4.78, 5) is 11.8. The number of hydrogen-bond acceptors (Lipinski definition) is 4. The third-order valence-electron chi connectivity index (χ3n) is 4.08. The lowest BCUT2D eigenvalue weighted by molar-refractivity contribution is -0.169. The zero-order chi connectivity index (χ0) is 23.9. The molecule has 7 nitrogen and oxygen atoms in total. The van der Waals surface area contributed by atoms with Crippen molar-refractivity contribution in [3.63, 3.8) is 0 Å². The fourth-order valence-corrected chi connectivity index (χ4v) is 3.21. The van der Waals surface area contributed by atoms with E-state index in [2.05, 4.69) is 5.10 Å². The molecule has 0 fully saturated rings. The van der Waals surface area contributed by atoms with Gasteiger partial charge in [0.05, 0.1) is 16.3 Å². The molecule has 3 aromatic rings. The van der Waals surface area contributed by atoms with Crippen LogP contribution >= 0.6 is 0 Å². The van der Waals surface area contributed by atoms with Crippen molar-refractivity contribution >= 4 is 27.4 Å². The SMILES string of the molecule is NS(=O)(=O)c1ccc(-n2nc(C(F)(F)F)cc2N(C(=O)C(F)(F)F)c2ccccc2)cc1. The van der Waals surface area contributed by atoms with Crippen molar-refractivity contribution in [2.75, 3.05) is 4.90 Å². The Hall–Kier alpha value is -3.39. The fourth-order valence-electron chi connectivity index (χ4n) is 2.69. The number of carbonyl (C=O) groups excluding carboxylic acids is 1. The van der Waals surface area contributed by atoms with Crippen molar-refractivity contribution in [3.8, 4) is 5.69 Å². The third-order valence-corrected chi connectivity index (χ3v) is 5.01. The average molecular weight is 478 g/mol. The maximum atomic E-state index is 13.3. The van der Waals surface area contributed by atoms with Gasteiger partial charge in [-0.1, -0.05) is 18.2 Å². The van der Waals surface area contributed by atoms with Crippen molar-refractivity contribution in [3.05, 3.63) is 66.4 Å². The summed E-state index contributed by atoms with van der Waals surface area (Å²) in [5.74, 6) is -3.33. The highest BCUT2D eigenvalue weighted by Gasteiger charge is 2.46. The van der Waals surface area contributed by atoms with Crippen molar-refractivity contribution in [2.45, 2.75) is 17.2 Å². The van der Waals surface area contributed by atoms with Crippen molar-refractivity contribution in [2.24, 2.45) is 5.14 Å². The summed E-state index contributed by atoms with van der Waals surface area (Å²) >= 11 is 0. The highest BCUT2D eigenvalue weighted by molar-refractivity contribution is 7.89. The first kappa shape index (κ1) is 23.3. The van der Waals surface area contributed by atoms with E-state index in [9.17, 15) is 39.6 Å². The van der Waals surface area contributed by atoms with Crippen molar-refractivity contribution < 1.29 is 39.6 Å². The molecule has 1 heterocycles. The standard InChI is InChI=1S/C18H12F6N4O3S/c19-17(20,21)14-10-15(27(16(29)18(22,23)24)11-4-2-1-3-5-11)28(26-14)12-6-8-13(9-7-12)32(25,30)31/h1-10H,(H2,25,30,31). The molecule has 3 rings (SSSR count). The Balaban J connectivity index is 2.27. The second-order valence-electron chi connectivity index (χ2n) is 6.31. The number of sulfonamides is 1. The summed E-state index contributed by atoms with van der Waals surface area (Å²) in [5, 5.41) is 8.28. The number of para-hydroxylation sites is 1. The van der Waals surface area contributed by atoms with E-state index >= 15 is 0 Å². The van der Waals surface area contributed by atoms with Gasteiger partial charge in [0.1, 0.15) is 5.82 Å². The molecule has 170 valence electrons. The molecule has 0 atom stereocenters. The number of benzene rings is 2. The topological polar surface area (TPSA) is 98.3 Å². The van der Waals surface area contributed by atoms with E-state index < -0.39 is 44.7 Å². The highest BCUT2D eigenvalue weighted by atomic mass is 32.2. The molecule has 0 aliphatic rings. The second-order valence-corrected chi connectivity index (χ2v) is 7.87. The summed E-state index contributed by atoms with van der Waals surface area (Å²) in [6, 6.07) is 10.3. The predicted octanol–water partition coefficient (Wildman–Crippen LogP) is 3.77. The summed E-state index contributed by atoms with van der Waals surface area (Å²) in [7, 11) is -4.14. The van der Waals surface area contributed by atoms with Crippen LogP contribution in [0, 0.1) is 0 Å². The van der Waals surface area contributed by atoms with Crippen LogP contribution in [0.1, 0.15) is 5.69 Å². The zero-order valence-electron chi connectivity index (χ0n) is 15.6. The Bertz CT molecular complexity index is 1240. The normalized spacial score (nSPS) is 12.6. The van der Waals surface area contributed by atoms with Crippen LogP contribution in [-0.4, -0.2) is 30.3 Å². The van der Waals surface area contributed by atoms with E-state index in [1.54, 1.807) is 0 Å². The quantitative estimate of drug-likeness (QED) is 0.578. The number of alkyl halides is 6. The van der Waals surface area contributed by atoms with E-state index in [0.717, 1.165) is 36.4 Å². The van der Waals surface area contributed by atoms with Crippen LogP contribution < -0.4 is 10.0 Å². The lowest BCUT2D eigenvalue weighted by Crippen LogP contribution is -2.39. The largest absolute Gasteiger partial charge is 0.472 e. The van der Waals surface area contributed by atoms with E-state index in [4.69, 9.17) is 5.14 Å². The number of nitrogens with zero attached hydrogens (tertiary/aromatic N) is 3. The number of hydrogen-bond donors (Lipinski definition) is 1.